The summed E-state index contributed by atoms with van der Waals surface area (Å²) < 4.78 is 39.8. The number of nitrogens with zero attached hydrogens (tertiary/aromatic N) is 1. The molecule has 2 atom stereocenters. The molecular weight excluding hydrogens is 282 g/mol. The molecule has 0 aromatic carbocycles. The van der Waals surface area contributed by atoms with Crippen molar-refractivity contribution in [2.75, 3.05) is 46.5 Å². The molecule has 2 aliphatic rings. The highest BCUT2D eigenvalue weighted by molar-refractivity contribution is 7.87. The van der Waals surface area contributed by atoms with Gasteiger partial charge in [-0.1, -0.05) is 6.42 Å². The summed E-state index contributed by atoms with van der Waals surface area (Å²) in [5.74, 6) is 0. The van der Waals surface area contributed by atoms with Gasteiger partial charge in [0.2, 0.25) is 0 Å². The number of rotatable bonds is 6. The summed E-state index contributed by atoms with van der Waals surface area (Å²) in [4.78, 5) is 0. The third kappa shape index (κ3) is 4.37. The van der Waals surface area contributed by atoms with Crippen molar-refractivity contribution in [2.45, 2.75) is 31.4 Å². The fourth-order valence-electron chi connectivity index (χ4n) is 2.67. The van der Waals surface area contributed by atoms with Crippen LogP contribution in [0.5, 0.6) is 0 Å². The Morgan fingerprint density at radius 2 is 2.10 bits per heavy atom. The van der Waals surface area contributed by atoms with Crippen LogP contribution < -0.4 is 10.0 Å². The molecular formula is C12H25N3O4S. The van der Waals surface area contributed by atoms with E-state index in [1.807, 2.05) is 7.05 Å². The van der Waals surface area contributed by atoms with Gasteiger partial charge in [0.15, 0.2) is 0 Å². The number of hydrogen-bond acceptors (Lipinski definition) is 5. The van der Waals surface area contributed by atoms with E-state index in [0.717, 1.165) is 19.3 Å². The van der Waals surface area contributed by atoms with Gasteiger partial charge in [-0.3, -0.25) is 0 Å². The van der Waals surface area contributed by atoms with E-state index in [4.69, 9.17) is 9.47 Å². The van der Waals surface area contributed by atoms with Crippen LogP contribution in [-0.2, 0) is 19.7 Å². The topological polar surface area (TPSA) is 79.9 Å². The summed E-state index contributed by atoms with van der Waals surface area (Å²) in [5.41, 5.74) is 0. The van der Waals surface area contributed by atoms with Gasteiger partial charge in [-0.2, -0.15) is 17.4 Å². The average molecular weight is 307 g/mol. The Hall–Kier alpha value is -0.250. The lowest BCUT2D eigenvalue weighted by atomic mass is 10.1. The Kier molecular flexibility index (Phi) is 6.19. The Labute approximate surface area is 121 Å². The van der Waals surface area contributed by atoms with Gasteiger partial charge < -0.3 is 14.8 Å². The number of likely N-dealkylation sites (N-methyl/N-ethyl adjacent to an activating group) is 1. The molecule has 0 aromatic heterocycles. The number of nitrogens with one attached hydrogen (secondary N) is 2. The van der Waals surface area contributed by atoms with E-state index in [1.165, 1.54) is 0 Å². The molecule has 2 saturated heterocycles. The maximum Gasteiger partial charge on any atom is 0.279 e. The van der Waals surface area contributed by atoms with Crippen LogP contribution in [0.2, 0.25) is 0 Å². The fraction of sp³-hybridized carbons (Fsp3) is 1.00. The number of piperidine rings is 1. The average Bonchev–Trinajstić information content (AvgIpc) is 2.47. The SMILES string of the molecule is CNCC1CCCCN1S(=O)(=O)NCC1COCCO1. The van der Waals surface area contributed by atoms with Gasteiger partial charge in [-0.25, -0.2) is 0 Å². The van der Waals surface area contributed by atoms with Gasteiger partial charge >= 0.3 is 0 Å². The first-order chi connectivity index (χ1) is 9.63. The molecule has 0 bridgehead atoms. The highest BCUT2D eigenvalue weighted by Gasteiger charge is 2.32. The highest BCUT2D eigenvalue weighted by atomic mass is 32.2. The van der Waals surface area contributed by atoms with Crippen molar-refractivity contribution >= 4 is 10.2 Å². The van der Waals surface area contributed by atoms with Crippen molar-refractivity contribution in [2.24, 2.45) is 0 Å². The lowest BCUT2D eigenvalue weighted by Crippen LogP contribution is -2.53. The van der Waals surface area contributed by atoms with Crippen LogP contribution >= 0.6 is 0 Å². The lowest BCUT2D eigenvalue weighted by molar-refractivity contribution is -0.0848. The number of hydrogen-bond donors (Lipinski definition) is 2. The zero-order valence-corrected chi connectivity index (χ0v) is 12.8. The molecule has 0 spiro atoms. The minimum absolute atomic E-state index is 0.0368. The molecule has 0 amide bonds. The molecule has 7 nitrogen and oxygen atoms in total. The molecule has 2 fully saturated rings. The summed E-state index contributed by atoms with van der Waals surface area (Å²) in [7, 11) is -1.60. The van der Waals surface area contributed by atoms with E-state index in [-0.39, 0.29) is 18.7 Å². The maximum absolute atomic E-state index is 12.4. The van der Waals surface area contributed by atoms with E-state index in [0.29, 0.717) is 32.9 Å². The first-order valence-electron chi connectivity index (χ1n) is 7.24. The molecule has 2 unspecified atom stereocenters. The van der Waals surface area contributed by atoms with E-state index >= 15 is 0 Å². The molecule has 20 heavy (non-hydrogen) atoms. The fourth-order valence-corrected chi connectivity index (χ4v) is 4.17. The summed E-state index contributed by atoms with van der Waals surface area (Å²) >= 11 is 0. The first-order valence-corrected chi connectivity index (χ1v) is 8.68. The van der Waals surface area contributed by atoms with Gasteiger partial charge in [-0.15, -0.1) is 0 Å². The van der Waals surface area contributed by atoms with E-state index in [1.54, 1.807) is 4.31 Å². The van der Waals surface area contributed by atoms with Gasteiger partial charge in [0.25, 0.3) is 10.2 Å². The van der Waals surface area contributed by atoms with Gasteiger partial charge in [0.05, 0.1) is 25.9 Å². The zero-order chi connectivity index (χ0) is 14.4. The van der Waals surface area contributed by atoms with E-state index < -0.39 is 10.2 Å². The minimum atomic E-state index is -3.45. The predicted molar refractivity (Wildman–Crippen MR) is 75.8 cm³/mol. The standard InChI is InChI=1S/C12H25N3O4S/c1-13-8-11-4-2-3-5-15(11)20(16,17)14-9-12-10-18-6-7-19-12/h11-14H,2-10H2,1H3. The lowest BCUT2D eigenvalue weighted by Gasteiger charge is -2.35. The summed E-state index contributed by atoms with van der Waals surface area (Å²) in [5, 5.41) is 3.07. The van der Waals surface area contributed by atoms with E-state index in [2.05, 4.69) is 10.0 Å². The first kappa shape index (κ1) is 16.1. The summed E-state index contributed by atoms with van der Waals surface area (Å²) in [6, 6.07) is 0.0368. The van der Waals surface area contributed by atoms with Crippen LogP contribution in [0, 0.1) is 0 Å². The Morgan fingerprint density at radius 3 is 2.80 bits per heavy atom. The predicted octanol–water partition coefficient (Wildman–Crippen LogP) is -0.690. The zero-order valence-electron chi connectivity index (χ0n) is 12.0. The maximum atomic E-state index is 12.4. The molecule has 118 valence electrons. The van der Waals surface area contributed by atoms with Crippen molar-refractivity contribution < 1.29 is 17.9 Å². The Morgan fingerprint density at radius 1 is 1.25 bits per heavy atom. The molecule has 2 heterocycles. The third-order valence-corrected chi connectivity index (χ3v) is 5.33. The summed E-state index contributed by atoms with van der Waals surface area (Å²) in [6.07, 6.45) is 2.72. The third-order valence-electron chi connectivity index (χ3n) is 3.70. The molecule has 8 heteroatoms. The largest absolute Gasteiger partial charge is 0.376 e. The monoisotopic (exact) mass is 307 g/mol. The van der Waals surface area contributed by atoms with Crippen LogP contribution in [0.3, 0.4) is 0 Å². The highest BCUT2D eigenvalue weighted by Crippen LogP contribution is 2.19. The molecule has 0 aliphatic carbocycles. The second kappa shape index (κ2) is 7.67. The van der Waals surface area contributed by atoms with E-state index in [9.17, 15) is 8.42 Å². The second-order valence-electron chi connectivity index (χ2n) is 5.24. The second-order valence-corrected chi connectivity index (χ2v) is 6.95. The van der Waals surface area contributed by atoms with Crippen LogP contribution in [-0.4, -0.2) is 71.4 Å². The number of ether oxygens (including phenoxy) is 2. The smallest absolute Gasteiger partial charge is 0.279 e. The van der Waals surface area contributed by atoms with Gasteiger partial charge in [0.1, 0.15) is 0 Å². The molecule has 0 aromatic rings. The summed E-state index contributed by atoms with van der Waals surface area (Å²) in [6.45, 7) is 3.10. The quantitative estimate of drug-likeness (QED) is 0.679. The van der Waals surface area contributed by atoms with Gasteiger partial charge in [0, 0.05) is 25.7 Å². The van der Waals surface area contributed by atoms with Crippen molar-refractivity contribution in [3.8, 4) is 0 Å². The Balaban J connectivity index is 1.89. The molecule has 2 rings (SSSR count). The van der Waals surface area contributed by atoms with Crippen LogP contribution in [0.25, 0.3) is 0 Å². The van der Waals surface area contributed by atoms with Crippen molar-refractivity contribution in [3.63, 3.8) is 0 Å². The molecule has 2 aliphatic heterocycles. The molecule has 0 saturated carbocycles. The van der Waals surface area contributed by atoms with Crippen molar-refractivity contribution in [3.05, 3.63) is 0 Å². The molecule has 0 radical (unpaired) electrons. The minimum Gasteiger partial charge on any atom is -0.376 e. The van der Waals surface area contributed by atoms with Crippen LogP contribution in [0.15, 0.2) is 0 Å². The normalized spacial score (nSPS) is 29.4. The Bertz CT molecular complexity index is 382. The van der Waals surface area contributed by atoms with Gasteiger partial charge in [-0.05, 0) is 19.9 Å². The van der Waals surface area contributed by atoms with Crippen molar-refractivity contribution in [1.29, 1.82) is 0 Å². The van der Waals surface area contributed by atoms with Crippen LogP contribution in [0.1, 0.15) is 19.3 Å². The van der Waals surface area contributed by atoms with Crippen LogP contribution in [0.4, 0.5) is 0 Å². The molecule has 2 N–H and O–H groups in total. The van der Waals surface area contributed by atoms with Crippen molar-refractivity contribution in [1.82, 2.24) is 14.3 Å².